The Morgan fingerprint density at radius 1 is 1.27 bits per heavy atom. The van der Waals surface area contributed by atoms with Gasteiger partial charge in [0.2, 0.25) is 5.91 Å². The number of benzene rings is 2. The van der Waals surface area contributed by atoms with Gasteiger partial charge in [-0.15, -0.1) is 0 Å². The first kappa shape index (κ1) is 14.4. The van der Waals surface area contributed by atoms with Gasteiger partial charge < -0.3 is 16.0 Å². The molecular weight excluding hydrogens is 274 g/mol. The fraction of sp³-hybridized carbons (Fsp3) is 0.278. The molecule has 0 bridgehead atoms. The molecule has 0 saturated heterocycles. The van der Waals surface area contributed by atoms with Gasteiger partial charge in [0, 0.05) is 23.6 Å². The molecule has 1 heterocycles. The molecule has 0 radical (unpaired) electrons. The first-order valence-electron chi connectivity index (χ1n) is 7.58. The topological polar surface area (TPSA) is 58.4 Å². The Morgan fingerprint density at radius 2 is 2.05 bits per heavy atom. The zero-order chi connectivity index (χ0) is 15.7. The molecule has 0 aliphatic carbocycles. The maximum absolute atomic E-state index is 12.6. The number of nitrogen functional groups attached to an aromatic ring is 1. The predicted molar refractivity (Wildman–Crippen MR) is 91.2 cm³/mol. The van der Waals surface area contributed by atoms with Crippen LogP contribution in [0.25, 0.3) is 0 Å². The summed E-state index contributed by atoms with van der Waals surface area (Å²) >= 11 is 0. The Bertz CT molecular complexity index is 711. The maximum atomic E-state index is 12.6. The van der Waals surface area contributed by atoms with Crippen molar-refractivity contribution < 1.29 is 4.79 Å². The van der Waals surface area contributed by atoms with Gasteiger partial charge in [0.05, 0.1) is 0 Å². The van der Waals surface area contributed by atoms with Gasteiger partial charge in [0.15, 0.2) is 0 Å². The highest BCUT2D eigenvalue weighted by atomic mass is 16.2. The molecule has 0 fully saturated rings. The van der Waals surface area contributed by atoms with Crippen LogP contribution < -0.4 is 16.0 Å². The number of aryl methyl sites for hydroxylation is 1. The number of nitrogens with two attached hydrogens (primary N) is 1. The van der Waals surface area contributed by atoms with Crippen molar-refractivity contribution in [3.05, 3.63) is 53.6 Å². The van der Waals surface area contributed by atoms with Crippen LogP contribution in [0, 0.1) is 6.92 Å². The minimum absolute atomic E-state index is 0.00889. The minimum Gasteiger partial charge on any atom is -0.399 e. The Kier molecular flexibility index (Phi) is 3.75. The van der Waals surface area contributed by atoms with Crippen molar-refractivity contribution in [2.24, 2.45) is 0 Å². The molecule has 0 saturated carbocycles. The van der Waals surface area contributed by atoms with E-state index in [-0.39, 0.29) is 11.9 Å². The molecule has 2 aromatic rings. The Morgan fingerprint density at radius 3 is 2.86 bits per heavy atom. The molecule has 3 rings (SSSR count). The lowest BCUT2D eigenvalue weighted by molar-refractivity contribution is -0.117. The molecule has 114 valence electrons. The van der Waals surface area contributed by atoms with E-state index in [2.05, 4.69) is 22.3 Å². The standard InChI is InChI=1S/C18H21N3O/c1-12-7-8-15(19)11-16(12)20-18(22)13(2)21-10-9-14-5-3-4-6-17(14)21/h3-8,11,13H,9-10,19H2,1-2H3,(H,20,22). The van der Waals surface area contributed by atoms with Crippen LogP contribution in [-0.4, -0.2) is 18.5 Å². The highest BCUT2D eigenvalue weighted by Gasteiger charge is 2.27. The van der Waals surface area contributed by atoms with Crippen LogP contribution in [0.15, 0.2) is 42.5 Å². The van der Waals surface area contributed by atoms with Crippen LogP contribution in [0.2, 0.25) is 0 Å². The molecule has 1 atom stereocenters. The number of anilines is 3. The van der Waals surface area contributed by atoms with Crippen molar-refractivity contribution in [2.75, 3.05) is 22.5 Å². The summed E-state index contributed by atoms with van der Waals surface area (Å²) in [4.78, 5) is 14.7. The molecule has 1 aliphatic heterocycles. The van der Waals surface area contributed by atoms with E-state index >= 15 is 0 Å². The van der Waals surface area contributed by atoms with E-state index in [9.17, 15) is 4.79 Å². The largest absolute Gasteiger partial charge is 0.399 e. The van der Waals surface area contributed by atoms with Gasteiger partial charge in [-0.3, -0.25) is 4.79 Å². The summed E-state index contributed by atoms with van der Waals surface area (Å²) in [5.41, 5.74) is 10.7. The van der Waals surface area contributed by atoms with Crippen molar-refractivity contribution in [2.45, 2.75) is 26.3 Å². The molecule has 3 N–H and O–H groups in total. The number of rotatable bonds is 3. The Balaban J connectivity index is 1.77. The first-order chi connectivity index (χ1) is 10.6. The highest BCUT2D eigenvalue weighted by Crippen LogP contribution is 2.29. The Labute approximate surface area is 130 Å². The smallest absolute Gasteiger partial charge is 0.246 e. The zero-order valence-corrected chi connectivity index (χ0v) is 13.0. The van der Waals surface area contributed by atoms with Crippen molar-refractivity contribution in [3.63, 3.8) is 0 Å². The number of nitrogens with zero attached hydrogens (tertiary/aromatic N) is 1. The van der Waals surface area contributed by atoms with E-state index in [1.54, 1.807) is 6.07 Å². The van der Waals surface area contributed by atoms with Crippen LogP contribution in [0.5, 0.6) is 0 Å². The summed E-state index contributed by atoms with van der Waals surface area (Å²) in [5, 5.41) is 3.00. The number of nitrogens with one attached hydrogen (secondary N) is 1. The average molecular weight is 295 g/mol. The van der Waals surface area contributed by atoms with Gasteiger partial charge in [-0.1, -0.05) is 24.3 Å². The van der Waals surface area contributed by atoms with E-state index in [0.717, 1.165) is 29.9 Å². The summed E-state index contributed by atoms with van der Waals surface area (Å²) < 4.78 is 0. The average Bonchev–Trinajstić information content (AvgIpc) is 2.94. The Hall–Kier alpha value is -2.49. The maximum Gasteiger partial charge on any atom is 0.246 e. The molecule has 4 nitrogen and oxygen atoms in total. The van der Waals surface area contributed by atoms with E-state index in [1.165, 1.54) is 5.56 Å². The van der Waals surface area contributed by atoms with Gasteiger partial charge >= 0.3 is 0 Å². The number of amides is 1. The van der Waals surface area contributed by atoms with Crippen molar-refractivity contribution >= 4 is 23.0 Å². The lowest BCUT2D eigenvalue weighted by Gasteiger charge is -2.26. The third-order valence-corrected chi connectivity index (χ3v) is 4.29. The molecule has 22 heavy (non-hydrogen) atoms. The van der Waals surface area contributed by atoms with Gasteiger partial charge in [-0.2, -0.15) is 0 Å². The van der Waals surface area contributed by atoms with E-state index in [0.29, 0.717) is 5.69 Å². The lowest BCUT2D eigenvalue weighted by atomic mass is 10.1. The number of fused-ring (bicyclic) bond motifs is 1. The SMILES string of the molecule is Cc1ccc(N)cc1NC(=O)C(C)N1CCc2ccccc21. The first-order valence-corrected chi connectivity index (χ1v) is 7.58. The minimum atomic E-state index is -0.218. The summed E-state index contributed by atoms with van der Waals surface area (Å²) in [6.07, 6.45) is 0.991. The second kappa shape index (κ2) is 5.72. The molecular formula is C18H21N3O. The van der Waals surface area contributed by atoms with Crippen LogP contribution in [0.4, 0.5) is 17.1 Å². The summed E-state index contributed by atoms with van der Waals surface area (Å²) in [5.74, 6) is -0.00889. The molecule has 2 aromatic carbocycles. The summed E-state index contributed by atoms with van der Waals surface area (Å²) in [6, 6.07) is 13.6. The molecule has 0 aromatic heterocycles. The predicted octanol–water partition coefficient (Wildman–Crippen LogP) is 2.97. The zero-order valence-electron chi connectivity index (χ0n) is 13.0. The van der Waals surface area contributed by atoms with Gasteiger partial charge in [0.1, 0.15) is 6.04 Å². The molecule has 0 spiro atoms. The van der Waals surface area contributed by atoms with Crippen LogP contribution >= 0.6 is 0 Å². The fourth-order valence-electron chi connectivity index (χ4n) is 2.92. The number of para-hydroxylation sites is 1. The van der Waals surface area contributed by atoms with Crippen molar-refractivity contribution in [1.82, 2.24) is 0 Å². The van der Waals surface area contributed by atoms with Crippen LogP contribution in [0.1, 0.15) is 18.1 Å². The molecule has 1 amide bonds. The van der Waals surface area contributed by atoms with Crippen molar-refractivity contribution in [3.8, 4) is 0 Å². The fourth-order valence-corrected chi connectivity index (χ4v) is 2.92. The second-order valence-corrected chi connectivity index (χ2v) is 5.81. The number of hydrogen-bond acceptors (Lipinski definition) is 3. The van der Waals surface area contributed by atoms with Gasteiger partial charge in [-0.05, 0) is 49.6 Å². The van der Waals surface area contributed by atoms with Crippen LogP contribution in [-0.2, 0) is 11.2 Å². The van der Waals surface area contributed by atoms with Gasteiger partial charge in [0.25, 0.3) is 0 Å². The quantitative estimate of drug-likeness (QED) is 0.856. The highest BCUT2D eigenvalue weighted by molar-refractivity contribution is 5.97. The van der Waals surface area contributed by atoms with E-state index in [1.807, 2.05) is 38.1 Å². The second-order valence-electron chi connectivity index (χ2n) is 5.81. The number of carbonyl (C=O) groups excluding carboxylic acids is 1. The van der Waals surface area contributed by atoms with Crippen LogP contribution in [0.3, 0.4) is 0 Å². The molecule has 1 aliphatic rings. The third kappa shape index (κ3) is 2.64. The third-order valence-electron chi connectivity index (χ3n) is 4.29. The number of hydrogen-bond donors (Lipinski definition) is 2. The normalized spacial score (nSPS) is 14.5. The van der Waals surface area contributed by atoms with E-state index in [4.69, 9.17) is 5.73 Å². The van der Waals surface area contributed by atoms with Crippen molar-refractivity contribution in [1.29, 1.82) is 0 Å². The molecule has 4 heteroatoms. The van der Waals surface area contributed by atoms with E-state index < -0.39 is 0 Å². The monoisotopic (exact) mass is 295 g/mol. The molecule has 1 unspecified atom stereocenters. The van der Waals surface area contributed by atoms with Gasteiger partial charge in [-0.25, -0.2) is 0 Å². The summed E-state index contributed by atoms with van der Waals surface area (Å²) in [7, 11) is 0. The lowest BCUT2D eigenvalue weighted by Crippen LogP contribution is -2.41. The summed E-state index contributed by atoms with van der Waals surface area (Å²) in [6.45, 7) is 4.79. The number of carbonyl (C=O) groups is 1.